The highest BCUT2D eigenvalue weighted by molar-refractivity contribution is 5.88. The molecule has 1 N–H and O–H groups in total. The molecule has 0 aliphatic carbocycles. The molecule has 2 amide bonds. The molecule has 5 nitrogen and oxygen atoms in total. The molecule has 0 aromatic heterocycles. The van der Waals surface area contributed by atoms with Crippen LogP contribution in [0.25, 0.3) is 0 Å². The lowest BCUT2D eigenvalue weighted by Crippen LogP contribution is -2.48. The molecule has 27 heavy (non-hydrogen) atoms. The van der Waals surface area contributed by atoms with Crippen LogP contribution in [0.2, 0.25) is 0 Å². The minimum absolute atomic E-state index is 0.0813. The number of hydrogen-bond donors (Lipinski definition) is 1. The van der Waals surface area contributed by atoms with Gasteiger partial charge in [-0.05, 0) is 44.0 Å². The number of benzene rings is 2. The molecule has 0 bridgehead atoms. The van der Waals surface area contributed by atoms with Gasteiger partial charge in [0.1, 0.15) is 11.8 Å². The van der Waals surface area contributed by atoms with Gasteiger partial charge in [-0.25, -0.2) is 0 Å². The fourth-order valence-electron chi connectivity index (χ4n) is 2.97. The van der Waals surface area contributed by atoms with Crippen LogP contribution in [0.15, 0.2) is 48.5 Å². The summed E-state index contributed by atoms with van der Waals surface area (Å²) in [5.74, 6) is 0.490. The zero-order valence-corrected chi connectivity index (χ0v) is 16.5. The van der Waals surface area contributed by atoms with E-state index in [1.165, 1.54) is 0 Å². The van der Waals surface area contributed by atoms with Crippen LogP contribution < -0.4 is 10.1 Å². The lowest BCUT2D eigenvalue weighted by atomic mass is 10.1. The summed E-state index contributed by atoms with van der Waals surface area (Å²) >= 11 is 0. The van der Waals surface area contributed by atoms with Gasteiger partial charge in [0, 0.05) is 13.1 Å². The van der Waals surface area contributed by atoms with Gasteiger partial charge in [-0.2, -0.15) is 0 Å². The van der Waals surface area contributed by atoms with Gasteiger partial charge in [0.05, 0.1) is 13.5 Å². The van der Waals surface area contributed by atoms with Gasteiger partial charge in [-0.15, -0.1) is 0 Å². The van der Waals surface area contributed by atoms with Gasteiger partial charge in [0.15, 0.2) is 0 Å². The molecular weight excluding hydrogens is 340 g/mol. The van der Waals surface area contributed by atoms with Crippen LogP contribution in [0.4, 0.5) is 0 Å². The van der Waals surface area contributed by atoms with Crippen LogP contribution >= 0.6 is 0 Å². The van der Waals surface area contributed by atoms with Gasteiger partial charge in [-0.1, -0.05) is 42.0 Å². The molecule has 0 fully saturated rings. The Labute approximate surface area is 161 Å². The van der Waals surface area contributed by atoms with Crippen molar-refractivity contribution < 1.29 is 14.3 Å². The fraction of sp³-hybridized carbons (Fsp3) is 0.364. The zero-order valence-electron chi connectivity index (χ0n) is 16.5. The molecule has 1 unspecified atom stereocenters. The summed E-state index contributed by atoms with van der Waals surface area (Å²) in [6.07, 6.45) is 0.259. The van der Waals surface area contributed by atoms with Crippen molar-refractivity contribution in [2.75, 3.05) is 13.7 Å². The van der Waals surface area contributed by atoms with Crippen LogP contribution in [-0.2, 0) is 22.6 Å². The van der Waals surface area contributed by atoms with Crippen molar-refractivity contribution in [1.82, 2.24) is 10.2 Å². The van der Waals surface area contributed by atoms with Gasteiger partial charge in [-0.3, -0.25) is 9.59 Å². The number of nitrogens with one attached hydrogen (secondary N) is 1. The third-order valence-corrected chi connectivity index (χ3v) is 4.44. The van der Waals surface area contributed by atoms with Crippen molar-refractivity contribution in [2.24, 2.45) is 0 Å². The minimum atomic E-state index is -0.562. The van der Waals surface area contributed by atoms with E-state index in [1.807, 2.05) is 62.4 Å². The summed E-state index contributed by atoms with van der Waals surface area (Å²) in [6, 6.07) is 14.9. The monoisotopic (exact) mass is 368 g/mol. The second-order valence-electron chi connectivity index (χ2n) is 6.61. The Morgan fingerprint density at radius 1 is 1.11 bits per heavy atom. The van der Waals surface area contributed by atoms with E-state index in [1.54, 1.807) is 18.9 Å². The van der Waals surface area contributed by atoms with E-state index < -0.39 is 6.04 Å². The largest absolute Gasteiger partial charge is 0.497 e. The Bertz CT molecular complexity index is 789. The van der Waals surface area contributed by atoms with E-state index in [0.29, 0.717) is 13.1 Å². The Kier molecular flexibility index (Phi) is 7.41. The van der Waals surface area contributed by atoms with Crippen LogP contribution in [-0.4, -0.2) is 36.4 Å². The molecule has 2 aromatic carbocycles. The number of carbonyl (C=O) groups excluding carboxylic acids is 2. The molecule has 0 aliphatic heterocycles. The SMILES string of the molecule is CCNC(=O)C(C)N(Cc1cccc(OC)c1)C(=O)Cc1cccc(C)c1. The molecule has 5 heteroatoms. The molecular formula is C22H28N2O3. The summed E-state index contributed by atoms with van der Waals surface area (Å²) in [5.41, 5.74) is 2.97. The predicted octanol–water partition coefficient (Wildman–Crippen LogP) is 3.10. The summed E-state index contributed by atoms with van der Waals surface area (Å²) in [7, 11) is 1.61. The molecule has 0 saturated heterocycles. The molecule has 1 atom stereocenters. The number of carbonyl (C=O) groups is 2. The van der Waals surface area contributed by atoms with Crippen LogP contribution in [0, 0.1) is 6.92 Å². The highest BCUT2D eigenvalue weighted by atomic mass is 16.5. The second-order valence-corrected chi connectivity index (χ2v) is 6.61. The maximum absolute atomic E-state index is 13.0. The van der Waals surface area contributed by atoms with Crippen molar-refractivity contribution in [1.29, 1.82) is 0 Å². The number of aryl methyl sites for hydroxylation is 1. The summed E-state index contributed by atoms with van der Waals surface area (Å²) in [6.45, 7) is 6.51. The van der Waals surface area contributed by atoms with Crippen LogP contribution in [0.5, 0.6) is 5.75 Å². The molecule has 0 aliphatic rings. The zero-order chi connectivity index (χ0) is 19.8. The molecule has 0 spiro atoms. The number of methoxy groups -OCH3 is 1. The van der Waals surface area contributed by atoms with E-state index in [-0.39, 0.29) is 18.2 Å². The topological polar surface area (TPSA) is 58.6 Å². The molecule has 2 aromatic rings. The molecule has 0 heterocycles. The highest BCUT2D eigenvalue weighted by Gasteiger charge is 2.26. The number of likely N-dealkylation sites (N-methyl/N-ethyl adjacent to an activating group) is 1. The van der Waals surface area contributed by atoms with Gasteiger partial charge >= 0.3 is 0 Å². The van der Waals surface area contributed by atoms with Crippen molar-refractivity contribution >= 4 is 11.8 Å². The number of rotatable bonds is 8. The quantitative estimate of drug-likeness (QED) is 0.779. The minimum Gasteiger partial charge on any atom is -0.497 e. The molecule has 0 radical (unpaired) electrons. The van der Waals surface area contributed by atoms with Gasteiger partial charge < -0.3 is 15.0 Å². The first kappa shape index (κ1) is 20.5. The number of amides is 2. The Morgan fingerprint density at radius 3 is 2.48 bits per heavy atom. The van der Waals surface area contributed by atoms with E-state index in [0.717, 1.165) is 22.4 Å². The summed E-state index contributed by atoms with van der Waals surface area (Å²) in [4.78, 5) is 27.1. The highest BCUT2D eigenvalue weighted by Crippen LogP contribution is 2.17. The van der Waals surface area contributed by atoms with Gasteiger partial charge in [0.2, 0.25) is 11.8 Å². The van der Waals surface area contributed by atoms with E-state index in [4.69, 9.17) is 4.74 Å². The van der Waals surface area contributed by atoms with Crippen molar-refractivity contribution in [3.05, 3.63) is 65.2 Å². The predicted molar refractivity (Wildman–Crippen MR) is 107 cm³/mol. The average molecular weight is 368 g/mol. The third-order valence-electron chi connectivity index (χ3n) is 4.44. The third kappa shape index (κ3) is 5.84. The first-order chi connectivity index (χ1) is 12.9. The Morgan fingerprint density at radius 2 is 1.81 bits per heavy atom. The number of nitrogens with zero attached hydrogens (tertiary/aromatic N) is 1. The van der Waals surface area contributed by atoms with Crippen molar-refractivity contribution in [3.63, 3.8) is 0 Å². The fourth-order valence-corrected chi connectivity index (χ4v) is 2.97. The standard InChI is InChI=1S/C22H28N2O3/c1-5-23-22(26)17(3)24(15-19-10-7-11-20(13-19)27-4)21(25)14-18-9-6-8-16(2)12-18/h6-13,17H,5,14-15H2,1-4H3,(H,23,26). The smallest absolute Gasteiger partial charge is 0.242 e. The molecule has 144 valence electrons. The van der Waals surface area contributed by atoms with Crippen LogP contribution in [0.3, 0.4) is 0 Å². The molecule has 0 saturated carbocycles. The first-order valence-corrected chi connectivity index (χ1v) is 9.20. The first-order valence-electron chi connectivity index (χ1n) is 9.20. The van der Waals surface area contributed by atoms with Crippen molar-refractivity contribution in [3.8, 4) is 5.75 Å². The van der Waals surface area contributed by atoms with E-state index in [2.05, 4.69) is 5.32 Å². The summed E-state index contributed by atoms with van der Waals surface area (Å²) < 4.78 is 5.27. The second kappa shape index (κ2) is 9.76. The maximum atomic E-state index is 13.0. The van der Waals surface area contributed by atoms with E-state index >= 15 is 0 Å². The lowest BCUT2D eigenvalue weighted by molar-refractivity contribution is -0.140. The van der Waals surface area contributed by atoms with Gasteiger partial charge in [0.25, 0.3) is 0 Å². The normalized spacial score (nSPS) is 11.6. The number of hydrogen-bond acceptors (Lipinski definition) is 3. The maximum Gasteiger partial charge on any atom is 0.242 e. The lowest BCUT2D eigenvalue weighted by Gasteiger charge is -2.29. The van der Waals surface area contributed by atoms with E-state index in [9.17, 15) is 9.59 Å². The van der Waals surface area contributed by atoms with Crippen LogP contribution in [0.1, 0.15) is 30.5 Å². The number of ether oxygens (including phenoxy) is 1. The molecule has 2 rings (SSSR count). The Hall–Kier alpha value is -2.82. The average Bonchev–Trinajstić information content (AvgIpc) is 2.66. The Balaban J connectivity index is 2.24. The summed E-state index contributed by atoms with van der Waals surface area (Å²) in [5, 5.41) is 2.80. The van der Waals surface area contributed by atoms with Crippen molar-refractivity contribution in [2.45, 2.75) is 39.8 Å².